The first-order valence-corrected chi connectivity index (χ1v) is 10.1. The van der Waals surface area contributed by atoms with Crippen LogP contribution in [0.5, 0.6) is 17.2 Å². The molecule has 0 heterocycles. The van der Waals surface area contributed by atoms with Gasteiger partial charge in [0.2, 0.25) is 5.91 Å². The standard InChI is InChI=1S/C24H21ClN2O6/c1-31-19-9-10-20(21(14-19)27(29)30)26-24(28)12-6-16-5-11-22(23(13-16)32-2)33-15-17-3-7-18(25)8-4-17/h3-14H,15H2,1-2H3,(H,26,28). The molecule has 0 fully saturated rings. The highest BCUT2D eigenvalue weighted by Crippen LogP contribution is 2.30. The number of nitro groups is 1. The molecule has 3 aromatic carbocycles. The lowest BCUT2D eigenvalue weighted by Crippen LogP contribution is -2.09. The molecule has 170 valence electrons. The van der Waals surface area contributed by atoms with Gasteiger partial charge >= 0.3 is 0 Å². The van der Waals surface area contributed by atoms with Crippen molar-refractivity contribution in [1.82, 2.24) is 0 Å². The van der Waals surface area contributed by atoms with Crippen LogP contribution in [0.4, 0.5) is 11.4 Å². The Morgan fingerprint density at radius 3 is 2.45 bits per heavy atom. The largest absolute Gasteiger partial charge is 0.496 e. The van der Waals surface area contributed by atoms with E-state index in [0.717, 1.165) is 5.56 Å². The summed E-state index contributed by atoms with van der Waals surface area (Å²) >= 11 is 5.89. The molecule has 0 unspecified atom stereocenters. The molecule has 0 aliphatic rings. The number of methoxy groups -OCH3 is 2. The van der Waals surface area contributed by atoms with Gasteiger partial charge < -0.3 is 19.5 Å². The van der Waals surface area contributed by atoms with Gasteiger partial charge in [-0.3, -0.25) is 14.9 Å². The van der Waals surface area contributed by atoms with Gasteiger partial charge in [-0.15, -0.1) is 0 Å². The van der Waals surface area contributed by atoms with Crippen molar-refractivity contribution in [3.63, 3.8) is 0 Å². The summed E-state index contributed by atoms with van der Waals surface area (Å²) in [5.41, 5.74) is 1.44. The average Bonchev–Trinajstić information content (AvgIpc) is 2.82. The van der Waals surface area contributed by atoms with Crippen LogP contribution in [0.15, 0.2) is 66.7 Å². The van der Waals surface area contributed by atoms with Crippen molar-refractivity contribution in [1.29, 1.82) is 0 Å². The van der Waals surface area contributed by atoms with Crippen LogP contribution in [0.1, 0.15) is 11.1 Å². The van der Waals surface area contributed by atoms with E-state index in [1.54, 1.807) is 36.4 Å². The van der Waals surface area contributed by atoms with E-state index < -0.39 is 10.8 Å². The van der Waals surface area contributed by atoms with Gasteiger partial charge in [-0.05, 0) is 53.6 Å². The monoisotopic (exact) mass is 468 g/mol. The number of nitrogens with one attached hydrogen (secondary N) is 1. The summed E-state index contributed by atoms with van der Waals surface area (Å²) < 4.78 is 16.2. The third kappa shape index (κ3) is 6.47. The van der Waals surface area contributed by atoms with E-state index in [1.165, 1.54) is 38.5 Å². The Kier molecular flexibility index (Phi) is 7.88. The second-order valence-electron chi connectivity index (χ2n) is 6.79. The van der Waals surface area contributed by atoms with Gasteiger partial charge in [-0.1, -0.05) is 29.8 Å². The van der Waals surface area contributed by atoms with Crippen molar-refractivity contribution in [2.45, 2.75) is 6.61 Å². The van der Waals surface area contributed by atoms with Crippen molar-refractivity contribution in [3.8, 4) is 17.2 Å². The van der Waals surface area contributed by atoms with Crippen molar-refractivity contribution in [3.05, 3.63) is 93.0 Å². The molecule has 0 aliphatic carbocycles. The minimum Gasteiger partial charge on any atom is -0.496 e. The summed E-state index contributed by atoms with van der Waals surface area (Å²) in [6.45, 7) is 0.339. The van der Waals surface area contributed by atoms with Crippen LogP contribution in [0.2, 0.25) is 5.02 Å². The Labute approximate surface area is 195 Å². The number of hydrogen-bond donors (Lipinski definition) is 1. The minimum atomic E-state index is -0.588. The molecule has 3 rings (SSSR count). The number of halogens is 1. The molecule has 0 atom stereocenters. The molecular formula is C24H21ClN2O6. The maximum atomic E-state index is 12.3. The van der Waals surface area contributed by atoms with Gasteiger partial charge in [0, 0.05) is 11.1 Å². The fraction of sp³-hybridized carbons (Fsp3) is 0.125. The van der Waals surface area contributed by atoms with Crippen LogP contribution < -0.4 is 19.5 Å². The molecule has 1 amide bonds. The summed E-state index contributed by atoms with van der Waals surface area (Å²) in [6.07, 6.45) is 2.84. The molecule has 1 N–H and O–H groups in total. The zero-order valence-corrected chi connectivity index (χ0v) is 18.7. The van der Waals surface area contributed by atoms with E-state index >= 15 is 0 Å². The molecule has 8 nitrogen and oxygen atoms in total. The van der Waals surface area contributed by atoms with Crippen molar-refractivity contribution < 1.29 is 23.9 Å². The van der Waals surface area contributed by atoms with Crippen LogP contribution in [-0.4, -0.2) is 25.1 Å². The Morgan fingerprint density at radius 1 is 1.03 bits per heavy atom. The second-order valence-corrected chi connectivity index (χ2v) is 7.22. The van der Waals surface area contributed by atoms with Gasteiger partial charge in [-0.2, -0.15) is 0 Å². The smallest absolute Gasteiger partial charge is 0.296 e. The molecule has 0 saturated heterocycles. The van der Waals surface area contributed by atoms with Crippen molar-refractivity contribution in [2.24, 2.45) is 0 Å². The predicted octanol–water partition coefficient (Wildman–Crippen LogP) is 5.50. The molecule has 0 aromatic heterocycles. The quantitative estimate of drug-likeness (QED) is 0.253. The first kappa shape index (κ1) is 23.6. The Morgan fingerprint density at radius 2 is 1.79 bits per heavy atom. The van der Waals surface area contributed by atoms with Crippen LogP contribution in [-0.2, 0) is 11.4 Å². The van der Waals surface area contributed by atoms with Crippen molar-refractivity contribution >= 4 is 35.0 Å². The molecule has 0 radical (unpaired) electrons. The highest BCUT2D eigenvalue weighted by molar-refractivity contribution is 6.30. The van der Waals surface area contributed by atoms with E-state index in [0.29, 0.717) is 34.4 Å². The first-order valence-electron chi connectivity index (χ1n) is 9.76. The summed E-state index contributed by atoms with van der Waals surface area (Å²) in [5, 5.41) is 14.4. The lowest BCUT2D eigenvalue weighted by atomic mass is 10.2. The van der Waals surface area contributed by atoms with Gasteiger partial charge in [0.25, 0.3) is 5.69 Å². The van der Waals surface area contributed by atoms with Crippen molar-refractivity contribution in [2.75, 3.05) is 19.5 Å². The van der Waals surface area contributed by atoms with E-state index in [9.17, 15) is 14.9 Å². The molecule has 0 spiro atoms. The average molecular weight is 469 g/mol. The summed E-state index contributed by atoms with van der Waals surface area (Å²) in [4.78, 5) is 23.0. The summed E-state index contributed by atoms with van der Waals surface area (Å²) in [5.74, 6) is 0.839. The second kappa shape index (κ2) is 11.0. The van der Waals surface area contributed by atoms with E-state index in [4.69, 9.17) is 25.8 Å². The molecule has 0 bridgehead atoms. The van der Waals surface area contributed by atoms with Gasteiger partial charge in [0.05, 0.1) is 25.2 Å². The number of nitrogens with zero attached hydrogens (tertiary/aromatic N) is 1. The molecular weight excluding hydrogens is 448 g/mol. The maximum Gasteiger partial charge on any atom is 0.296 e. The topological polar surface area (TPSA) is 99.9 Å². The number of hydrogen-bond acceptors (Lipinski definition) is 6. The highest BCUT2D eigenvalue weighted by atomic mass is 35.5. The fourth-order valence-corrected chi connectivity index (χ4v) is 3.02. The lowest BCUT2D eigenvalue weighted by Gasteiger charge is -2.11. The van der Waals surface area contributed by atoms with E-state index in [1.807, 2.05) is 12.1 Å². The van der Waals surface area contributed by atoms with Crippen LogP contribution in [0.3, 0.4) is 0 Å². The third-order valence-electron chi connectivity index (χ3n) is 4.58. The Hall–Kier alpha value is -4.04. The van der Waals surface area contributed by atoms with Crippen LogP contribution in [0, 0.1) is 10.1 Å². The fourth-order valence-electron chi connectivity index (χ4n) is 2.89. The summed E-state index contributed by atoms with van der Waals surface area (Å²) in [7, 11) is 2.93. The molecule has 3 aromatic rings. The number of amides is 1. The molecule has 9 heteroatoms. The van der Waals surface area contributed by atoms with E-state index in [2.05, 4.69) is 5.32 Å². The van der Waals surface area contributed by atoms with Crippen LogP contribution >= 0.6 is 11.6 Å². The number of rotatable bonds is 9. The number of benzene rings is 3. The lowest BCUT2D eigenvalue weighted by molar-refractivity contribution is -0.384. The zero-order valence-electron chi connectivity index (χ0n) is 17.9. The van der Waals surface area contributed by atoms with Gasteiger partial charge in [0.1, 0.15) is 18.0 Å². The number of carbonyl (C=O) groups is 1. The normalized spacial score (nSPS) is 10.6. The SMILES string of the molecule is COc1ccc(NC(=O)C=Cc2ccc(OCc3ccc(Cl)cc3)c(OC)c2)c([N+](=O)[O-])c1. The number of ether oxygens (including phenoxy) is 3. The minimum absolute atomic E-state index is 0.0685. The van der Waals surface area contributed by atoms with Crippen LogP contribution in [0.25, 0.3) is 6.08 Å². The predicted molar refractivity (Wildman–Crippen MR) is 126 cm³/mol. The number of carbonyl (C=O) groups excluding carboxylic acids is 1. The molecule has 0 aliphatic heterocycles. The van der Waals surface area contributed by atoms with Gasteiger partial charge in [0.15, 0.2) is 11.5 Å². The Bertz CT molecular complexity index is 1180. The maximum absolute atomic E-state index is 12.3. The number of anilines is 1. The summed E-state index contributed by atoms with van der Waals surface area (Å²) in [6, 6.07) is 16.7. The number of nitro benzene ring substituents is 1. The molecule has 33 heavy (non-hydrogen) atoms. The zero-order chi connectivity index (χ0) is 23.8. The third-order valence-corrected chi connectivity index (χ3v) is 4.83. The van der Waals surface area contributed by atoms with E-state index in [-0.39, 0.29) is 11.4 Å². The Balaban J connectivity index is 1.67. The first-order chi connectivity index (χ1) is 15.9. The molecule has 0 saturated carbocycles. The van der Waals surface area contributed by atoms with Gasteiger partial charge in [-0.25, -0.2) is 0 Å². The highest BCUT2D eigenvalue weighted by Gasteiger charge is 2.16.